The molecule has 3 rings (SSSR count). The first-order valence-corrected chi connectivity index (χ1v) is 7.43. The molecule has 1 N–H and O–H groups in total. The zero-order valence-corrected chi connectivity index (χ0v) is 13.2. The van der Waals surface area contributed by atoms with E-state index in [4.69, 9.17) is 23.2 Å². The fourth-order valence-corrected chi connectivity index (χ4v) is 2.72. The molecule has 1 aromatic heterocycles. The molecule has 0 saturated carbocycles. The van der Waals surface area contributed by atoms with Crippen molar-refractivity contribution in [2.75, 3.05) is 5.32 Å². The van der Waals surface area contributed by atoms with Gasteiger partial charge in [0.05, 0.1) is 21.8 Å². The first kappa shape index (κ1) is 14.8. The van der Waals surface area contributed by atoms with Gasteiger partial charge in [-0.15, -0.1) is 0 Å². The normalized spacial score (nSPS) is 10.7. The monoisotopic (exact) mass is 330 g/mol. The summed E-state index contributed by atoms with van der Waals surface area (Å²) >= 11 is 12.2. The largest absolute Gasteiger partial charge is 0.321 e. The van der Waals surface area contributed by atoms with Crippen molar-refractivity contribution in [3.05, 3.63) is 69.8 Å². The number of aromatic nitrogens is 1. The van der Waals surface area contributed by atoms with Crippen LogP contribution in [0.3, 0.4) is 0 Å². The molecule has 1 amide bonds. The summed E-state index contributed by atoms with van der Waals surface area (Å²) < 4.78 is 0. The van der Waals surface area contributed by atoms with Gasteiger partial charge in [-0.1, -0.05) is 47.5 Å². The number of amides is 1. The van der Waals surface area contributed by atoms with Gasteiger partial charge in [0.1, 0.15) is 5.15 Å². The van der Waals surface area contributed by atoms with E-state index in [2.05, 4.69) is 10.3 Å². The summed E-state index contributed by atoms with van der Waals surface area (Å²) in [6, 6.07) is 14.4. The van der Waals surface area contributed by atoms with E-state index < -0.39 is 0 Å². The topological polar surface area (TPSA) is 42.0 Å². The van der Waals surface area contributed by atoms with Crippen LogP contribution in [0.1, 0.15) is 15.9 Å². The second-order valence-corrected chi connectivity index (χ2v) is 5.74. The van der Waals surface area contributed by atoms with Crippen LogP contribution in [0.4, 0.5) is 5.69 Å². The van der Waals surface area contributed by atoms with E-state index in [-0.39, 0.29) is 11.1 Å². The first-order valence-electron chi connectivity index (χ1n) is 6.67. The SMILES string of the molecule is Cc1ccc(NC(=O)c2cc(Cl)nc3ccccc23)c(Cl)c1. The number of carbonyl (C=O) groups is 1. The maximum absolute atomic E-state index is 12.6. The Hall–Kier alpha value is -2.10. The van der Waals surface area contributed by atoms with Crippen LogP contribution in [-0.2, 0) is 0 Å². The third kappa shape index (κ3) is 2.91. The van der Waals surface area contributed by atoms with Crippen LogP contribution < -0.4 is 5.32 Å². The van der Waals surface area contributed by atoms with Crippen molar-refractivity contribution >= 4 is 45.7 Å². The molecule has 2 aromatic carbocycles. The molecule has 0 aliphatic rings. The van der Waals surface area contributed by atoms with Crippen LogP contribution in [0.5, 0.6) is 0 Å². The molecule has 3 nitrogen and oxygen atoms in total. The van der Waals surface area contributed by atoms with E-state index in [1.807, 2.05) is 37.3 Å². The summed E-state index contributed by atoms with van der Waals surface area (Å²) in [5.41, 5.74) is 2.73. The van der Waals surface area contributed by atoms with E-state index in [0.29, 0.717) is 21.8 Å². The molecule has 0 aliphatic heterocycles. The second kappa shape index (κ2) is 5.95. The Balaban J connectivity index is 2.02. The number of halogens is 2. The number of pyridine rings is 1. The smallest absolute Gasteiger partial charge is 0.256 e. The molecule has 1 heterocycles. The lowest BCUT2D eigenvalue weighted by atomic mass is 10.1. The quantitative estimate of drug-likeness (QED) is 0.664. The highest BCUT2D eigenvalue weighted by atomic mass is 35.5. The average molecular weight is 331 g/mol. The predicted octanol–water partition coefficient (Wildman–Crippen LogP) is 5.10. The molecule has 3 aromatic rings. The van der Waals surface area contributed by atoms with E-state index in [1.165, 1.54) is 0 Å². The van der Waals surface area contributed by atoms with Gasteiger partial charge in [-0.25, -0.2) is 4.98 Å². The molecule has 0 spiro atoms. The molecule has 0 saturated heterocycles. The zero-order valence-electron chi connectivity index (χ0n) is 11.7. The molecular weight excluding hydrogens is 319 g/mol. The summed E-state index contributed by atoms with van der Waals surface area (Å²) in [7, 11) is 0. The summed E-state index contributed by atoms with van der Waals surface area (Å²) in [6.07, 6.45) is 0. The molecule has 0 atom stereocenters. The number of para-hydroxylation sites is 1. The Morgan fingerprint density at radius 1 is 1.09 bits per heavy atom. The highest BCUT2D eigenvalue weighted by Gasteiger charge is 2.13. The van der Waals surface area contributed by atoms with E-state index in [0.717, 1.165) is 10.9 Å². The van der Waals surface area contributed by atoms with E-state index >= 15 is 0 Å². The number of fused-ring (bicyclic) bond motifs is 1. The van der Waals surface area contributed by atoms with E-state index in [1.54, 1.807) is 18.2 Å². The fourth-order valence-electron chi connectivity index (χ4n) is 2.24. The van der Waals surface area contributed by atoms with Gasteiger partial charge in [0.25, 0.3) is 5.91 Å². The Kier molecular flexibility index (Phi) is 4.01. The second-order valence-electron chi connectivity index (χ2n) is 4.95. The highest BCUT2D eigenvalue weighted by molar-refractivity contribution is 6.34. The number of carbonyl (C=O) groups excluding carboxylic acids is 1. The van der Waals surface area contributed by atoms with Crippen LogP contribution in [0.15, 0.2) is 48.5 Å². The number of hydrogen-bond acceptors (Lipinski definition) is 2. The van der Waals surface area contributed by atoms with Gasteiger partial charge in [0.15, 0.2) is 0 Å². The molecule has 0 fully saturated rings. The van der Waals surface area contributed by atoms with Crippen molar-refractivity contribution in [2.45, 2.75) is 6.92 Å². The maximum Gasteiger partial charge on any atom is 0.256 e. The minimum absolute atomic E-state index is 0.272. The van der Waals surface area contributed by atoms with Crippen molar-refractivity contribution in [1.82, 2.24) is 4.98 Å². The van der Waals surface area contributed by atoms with Gasteiger partial charge >= 0.3 is 0 Å². The Morgan fingerprint density at radius 3 is 2.64 bits per heavy atom. The summed E-state index contributed by atoms with van der Waals surface area (Å²) in [4.78, 5) is 16.8. The molecule has 22 heavy (non-hydrogen) atoms. The number of nitrogens with zero attached hydrogens (tertiary/aromatic N) is 1. The minimum Gasteiger partial charge on any atom is -0.321 e. The summed E-state index contributed by atoms with van der Waals surface area (Å²) in [6.45, 7) is 1.94. The van der Waals surface area contributed by atoms with Crippen molar-refractivity contribution in [3.63, 3.8) is 0 Å². The Bertz CT molecular complexity index is 878. The lowest BCUT2D eigenvalue weighted by Crippen LogP contribution is -2.13. The highest BCUT2D eigenvalue weighted by Crippen LogP contribution is 2.25. The van der Waals surface area contributed by atoms with Gasteiger partial charge in [-0.2, -0.15) is 0 Å². The van der Waals surface area contributed by atoms with Crippen molar-refractivity contribution in [1.29, 1.82) is 0 Å². The minimum atomic E-state index is -0.272. The number of nitrogens with one attached hydrogen (secondary N) is 1. The Morgan fingerprint density at radius 2 is 1.86 bits per heavy atom. The Labute approximate surface area is 137 Å². The van der Waals surface area contributed by atoms with Crippen LogP contribution in [-0.4, -0.2) is 10.9 Å². The summed E-state index contributed by atoms with van der Waals surface area (Å²) in [5.74, 6) is -0.272. The number of benzene rings is 2. The van der Waals surface area contributed by atoms with Crippen LogP contribution in [0.2, 0.25) is 10.2 Å². The van der Waals surface area contributed by atoms with Gasteiger partial charge in [-0.05, 0) is 36.8 Å². The third-order valence-corrected chi connectivity index (χ3v) is 3.81. The van der Waals surface area contributed by atoms with Gasteiger partial charge in [0.2, 0.25) is 0 Å². The maximum atomic E-state index is 12.6. The average Bonchev–Trinajstić information content (AvgIpc) is 2.49. The molecule has 110 valence electrons. The van der Waals surface area contributed by atoms with Crippen LogP contribution in [0, 0.1) is 6.92 Å². The fraction of sp³-hybridized carbons (Fsp3) is 0.0588. The molecule has 0 unspecified atom stereocenters. The molecule has 5 heteroatoms. The lowest BCUT2D eigenvalue weighted by molar-refractivity contribution is 0.102. The van der Waals surface area contributed by atoms with Gasteiger partial charge in [0, 0.05) is 5.39 Å². The van der Waals surface area contributed by atoms with Gasteiger partial charge < -0.3 is 5.32 Å². The van der Waals surface area contributed by atoms with Gasteiger partial charge in [-0.3, -0.25) is 4.79 Å². The number of hydrogen-bond donors (Lipinski definition) is 1. The molecular formula is C17H12Cl2N2O. The van der Waals surface area contributed by atoms with Crippen LogP contribution >= 0.6 is 23.2 Å². The first-order chi connectivity index (χ1) is 10.5. The number of aryl methyl sites for hydroxylation is 1. The zero-order chi connectivity index (χ0) is 15.7. The number of anilines is 1. The molecule has 0 bridgehead atoms. The molecule has 0 radical (unpaired) electrons. The third-order valence-electron chi connectivity index (χ3n) is 3.30. The standard InChI is InChI=1S/C17H12Cl2N2O/c1-10-6-7-15(13(18)8-10)21-17(22)12-9-16(19)20-14-5-3-2-4-11(12)14/h2-9H,1H3,(H,21,22). The van der Waals surface area contributed by atoms with Crippen molar-refractivity contribution in [3.8, 4) is 0 Å². The molecule has 0 aliphatic carbocycles. The van der Waals surface area contributed by atoms with Crippen molar-refractivity contribution in [2.24, 2.45) is 0 Å². The lowest BCUT2D eigenvalue weighted by Gasteiger charge is -2.10. The van der Waals surface area contributed by atoms with Crippen LogP contribution in [0.25, 0.3) is 10.9 Å². The predicted molar refractivity (Wildman–Crippen MR) is 90.9 cm³/mol. The summed E-state index contributed by atoms with van der Waals surface area (Å²) in [5, 5.41) is 4.33. The van der Waals surface area contributed by atoms with E-state index in [9.17, 15) is 4.79 Å². The van der Waals surface area contributed by atoms with Crippen molar-refractivity contribution < 1.29 is 4.79 Å². The number of rotatable bonds is 2.